The predicted molar refractivity (Wildman–Crippen MR) is 80.3 cm³/mol. The first-order valence-electron chi connectivity index (χ1n) is 7.37. The normalized spacial score (nSPS) is 43.3. The van der Waals surface area contributed by atoms with Crippen molar-refractivity contribution in [1.82, 2.24) is 0 Å². The fraction of sp³-hybridized carbons (Fsp3) is 0.812. The molecule has 0 radical (unpaired) electrons. The fourth-order valence-electron chi connectivity index (χ4n) is 4.15. The summed E-state index contributed by atoms with van der Waals surface area (Å²) in [5.41, 5.74) is 4.02. The number of hydrogen-bond donors (Lipinski definition) is 0. The molecule has 2 rings (SSSR count). The third-order valence-corrected chi connectivity index (χ3v) is 6.97. The second-order valence-corrected chi connectivity index (χ2v) is 13.0. The number of carbonyl (C=O) groups excluding carboxylic acids is 1. The second kappa shape index (κ2) is 4.06. The van der Waals surface area contributed by atoms with Crippen molar-refractivity contribution in [2.45, 2.75) is 66.1 Å². The van der Waals surface area contributed by atoms with E-state index < -0.39 is 8.07 Å². The van der Waals surface area contributed by atoms with Crippen LogP contribution < -0.4 is 0 Å². The van der Waals surface area contributed by atoms with Gasteiger partial charge in [0.15, 0.2) is 0 Å². The molecular formula is C16H28OSi. The van der Waals surface area contributed by atoms with Crippen molar-refractivity contribution in [1.29, 1.82) is 0 Å². The summed E-state index contributed by atoms with van der Waals surface area (Å²) in [6, 6.07) is 0. The Morgan fingerprint density at radius 1 is 1.22 bits per heavy atom. The van der Waals surface area contributed by atoms with Crippen molar-refractivity contribution < 1.29 is 4.79 Å². The molecule has 102 valence electrons. The second-order valence-electron chi connectivity index (χ2n) is 7.94. The molecule has 1 nitrogen and oxygen atoms in total. The van der Waals surface area contributed by atoms with E-state index in [9.17, 15) is 4.79 Å². The van der Waals surface area contributed by atoms with Gasteiger partial charge in [0.25, 0.3) is 0 Å². The molecule has 0 N–H and O–H groups in total. The van der Waals surface area contributed by atoms with Crippen LogP contribution in [0.4, 0.5) is 0 Å². The average molecular weight is 264 g/mol. The molecule has 3 atom stereocenters. The van der Waals surface area contributed by atoms with Crippen LogP contribution in [-0.2, 0) is 4.79 Å². The summed E-state index contributed by atoms with van der Waals surface area (Å²) in [7, 11) is -1.24. The monoisotopic (exact) mass is 264 g/mol. The molecule has 0 heterocycles. The summed E-state index contributed by atoms with van der Waals surface area (Å²) in [5.74, 6) is 1.18. The van der Waals surface area contributed by atoms with Crippen molar-refractivity contribution in [2.75, 3.05) is 0 Å². The lowest BCUT2D eigenvalue weighted by Gasteiger charge is -2.49. The summed E-state index contributed by atoms with van der Waals surface area (Å²) < 4.78 is 0. The molecule has 2 aliphatic carbocycles. The van der Waals surface area contributed by atoms with Gasteiger partial charge in [-0.3, -0.25) is 4.79 Å². The number of allylic oxidation sites excluding steroid dienone is 1. The van der Waals surface area contributed by atoms with Crippen LogP contribution in [0.2, 0.25) is 19.6 Å². The van der Waals surface area contributed by atoms with Gasteiger partial charge in [0.1, 0.15) is 5.78 Å². The SMILES string of the molecule is C[C@@H]1CCC(=O)[C@@]2(C)/C(=C/[Si](C)(C)C)CC[C@@]12C. The fourth-order valence-corrected chi connectivity index (χ4v) is 5.63. The van der Waals surface area contributed by atoms with Crippen molar-refractivity contribution in [3.63, 3.8) is 0 Å². The summed E-state index contributed by atoms with van der Waals surface area (Å²) in [6.07, 6.45) is 4.22. The highest BCUT2D eigenvalue weighted by atomic mass is 28.3. The van der Waals surface area contributed by atoms with Crippen molar-refractivity contribution in [3.8, 4) is 0 Å². The molecule has 0 aliphatic heterocycles. The average Bonchev–Trinajstić information content (AvgIpc) is 2.49. The van der Waals surface area contributed by atoms with Crippen LogP contribution in [0.25, 0.3) is 0 Å². The highest BCUT2D eigenvalue weighted by Crippen LogP contribution is 2.63. The van der Waals surface area contributed by atoms with Crippen LogP contribution in [0.15, 0.2) is 11.3 Å². The van der Waals surface area contributed by atoms with Gasteiger partial charge in [-0.1, -0.05) is 44.8 Å². The third-order valence-electron chi connectivity index (χ3n) is 5.76. The quantitative estimate of drug-likeness (QED) is 0.633. The zero-order valence-electron chi connectivity index (χ0n) is 12.9. The Kier molecular flexibility index (Phi) is 3.17. The predicted octanol–water partition coefficient (Wildman–Crippen LogP) is 4.60. The van der Waals surface area contributed by atoms with Crippen LogP contribution in [0.3, 0.4) is 0 Å². The highest BCUT2D eigenvalue weighted by molar-refractivity contribution is 6.81. The van der Waals surface area contributed by atoms with E-state index in [4.69, 9.17) is 0 Å². The van der Waals surface area contributed by atoms with E-state index in [-0.39, 0.29) is 10.8 Å². The molecule has 2 fully saturated rings. The maximum atomic E-state index is 12.6. The molecule has 0 aromatic rings. The van der Waals surface area contributed by atoms with Crippen LogP contribution >= 0.6 is 0 Å². The molecule has 2 heteroatoms. The Bertz CT molecular complexity index is 404. The van der Waals surface area contributed by atoms with E-state index in [1.807, 2.05) is 0 Å². The summed E-state index contributed by atoms with van der Waals surface area (Å²) >= 11 is 0. The lowest BCUT2D eigenvalue weighted by atomic mass is 9.54. The molecular weight excluding hydrogens is 236 g/mol. The zero-order valence-corrected chi connectivity index (χ0v) is 13.9. The largest absolute Gasteiger partial charge is 0.299 e. The molecule has 0 aromatic carbocycles. The first-order valence-corrected chi connectivity index (χ1v) is 10.9. The molecule has 0 unspecified atom stereocenters. The summed E-state index contributed by atoms with van der Waals surface area (Å²) in [6.45, 7) is 14.1. The number of hydrogen-bond acceptors (Lipinski definition) is 1. The molecule has 0 aromatic heterocycles. The van der Waals surface area contributed by atoms with Gasteiger partial charge in [0.2, 0.25) is 0 Å². The smallest absolute Gasteiger partial charge is 0.143 e. The summed E-state index contributed by atoms with van der Waals surface area (Å²) in [4.78, 5) is 12.6. The molecule has 0 saturated heterocycles. The summed E-state index contributed by atoms with van der Waals surface area (Å²) in [5, 5.41) is 0. The Morgan fingerprint density at radius 2 is 1.83 bits per heavy atom. The maximum absolute atomic E-state index is 12.6. The topological polar surface area (TPSA) is 17.1 Å². The molecule has 0 spiro atoms. The van der Waals surface area contributed by atoms with E-state index in [1.54, 1.807) is 0 Å². The standard InChI is InChI=1S/C16H28OSi/c1-12-7-8-14(17)16(3)13(11-18(4,5)6)9-10-15(12,16)2/h11-12H,7-10H2,1-6H3/b13-11+/t12-,15+,16-/m1/s1. The van der Waals surface area contributed by atoms with Gasteiger partial charge < -0.3 is 0 Å². The van der Waals surface area contributed by atoms with Gasteiger partial charge in [-0.05, 0) is 37.5 Å². The lowest BCUT2D eigenvalue weighted by Crippen LogP contribution is -2.48. The van der Waals surface area contributed by atoms with Crippen molar-refractivity contribution >= 4 is 13.9 Å². The lowest BCUT2D eigenvalue weighted by molar-refractivity contribution is -0.138. The minimum absolute atomic E-state index is 0.162. The number of rotatable bonds is 1. The zero-order chi connectivity index (χ0) is 13.8. The number of Topliss-reactive ketones (excluding diaryl/α,β-unsaturated/α-hetero) is 1. The number of fused-ring (bicyclic) bond motifs is 1. The molecule has 18 heavy (non-hydrogen) atoms. The minimum atomic E-state index is -1.24. The van der Waals surface area contributed by atoms with Crippen molar-refractivity contribution in [3.05, 3.63) is 11.3 Å². The first kappa shape index (κ1) is 14.0. The Morgan fingerprint density at radius 3 is 2.39 bits per heavy atom. The van der Waals surface area contributed by atoms with E-state index in [1.165, 1.54) is 12.0 Å². The van der Waals surface area contributed by atoms with Crippen LogP contribution in [0.5, 0.6) is 0 Å². The van der Waals surface area contributed by atoms with E-state index in [2.05, 4.69) is 46.1 Å². The van der Waals surface area contributed by atoms with Gasteiger partial charge in [-0.25, -0.2) is 0 Å². The minimum Gasteiger partial charge on any atom is -0.299 e. The first-order chi connectivity index (χ1) is 8.11. The Hall–Kier alpha value is -0.373. The molecule has 2 aliphatic rings. The van der Waals surface area contributed by atoms with Crippen LogP contribution in [0.1, 0.15) is 46.5 Å². The Balaban J connectivity index is 2.51. The maximum Gasteiger partial charge on any atom is 0.143 e. The molecule has 2 saturated carbocycles. The van der Waals surface area contributed by atoms with Crippen molar-refractivity contribution in [2.24, 2.45) is 16.7 Å². The Labute approximate surface area is 113 Å². The van der Waals surface area contributed by atoms with Gasteiger partial charge in [-0.2, -0.15) is 0 Å². The van der Waals surface area contributed by atoms with Gasteiger partial charge >= 0.3 is 0 Å². The van der Waals surface area contributed by atoms with Gasteiger partial charge in [0.05, 0.1) is 13.5 Å². The molecule has 0 bridgehead atoms. The van der Waals surface area contributed by atoms with Gasteiger partial charge in [0, 0.05) is 6.42 Å². The number of carbonyl (C=O) groups is 1. The van der Waals surface area contributed by atoms with E-state index in [0.717, 1.165) is 19.3 Å². The third kappa shape index (κ3) is 1.84. The van der Waals surface area contributed by atoms with Crippen LogP contribution in [0, 0.1) is 16.7 Å². The highest BCUT2D eigenvalue weighted by Gasteiger charge is 2.59. The molecule has 0 amide bonds. The van der Waals surface area contributed by atoms with Gasteiger partial charge in [-0.15, -0.1) is 0 Å². The number of ketones is 1. The van der Waals surface area contributed by atoms with Crippen LogP contribution in [-0.4, -0.2) is 13.9 Å². The van der Waals surface area contributed by atoms with E-state index >= 15 is 0 Å². The van der Waals surface area contributed by atoms with E-state index in [0.29, 0.717) is 11.7 Å².